The zero-order valence-electron chi connectivity index (χ0n) is 23.0. The number of anilines is 1. The first-order valence-electron chi connectivity index (χ1n) is 14.2. The smallest absolute Gasteiger partial charge is 0.326 e. The van der Waals surface area contributed by atoms with E-state index in [0.717, 1.165) is 49.2 Å². The van der Waals surface area contributed by atoms with Gasteiger partial charge in [-0.25, -0.2) is 4.79 Å². The first kappa shape index (κ1) is 27.4. The van der Waals surface area contributed by atoms with Gasteiger partial charge in [0.05, 0.1) is 16.3 Å². The largest absolute Gasteiger partial charge is 0.457 e. The van der Waals surface area contributed by atoms with E-state index < -0.39 is 0 Å². The van der Waals surface area contributed by atoms with Gasteiger partial charge in [0.25, 0.3) is 5.91 Å². The van der Waals surface area contributed by atoms with Crippen LogP contribution in [0.15, 0.2) is 71.8 Å². The van der Waals surface area contributed by atoms with Gasteiger partial charge in [-0.1, -0.05) is 36.5 Å². The lowest BCUT2D eigenvalue weighted by atomic mass is 9.86. The SMILES string of the molecule is C=CC(=O)N[C@H]1CCC[C@H](NC(=O)C2=C3NC(=O)N(c4ccc(Oc5ccccc5)cc4C)C4CCNC(S2)C34)C1. The summed E-state index contributed by atoms with van der Waals surface area (Å²) in [5.74, 6) is 1.08. The highest BCUT2D eigenvalue weighted by Crippen LogP contribution is 2.48. The zero-order valence-corrected chi connectivity index (χ0v) is 23.8. The molecule has 2 aromatic carbocycles. The summed E-state index contributed by atoms with van der Waals surface area (Å²) in [6, 6.07) is 15.1. The van der Waals surface area contributed by atoms with Crippen molar-refractivity contribution in [3.63, 3.8) is 0 Å². The summed E-state index contributed by atoms with van der Waals surface area (Å²) in [7, 11) is 0. The molecule has 1 aliphatic carbocycles. The molecule has 3 heterocycles. The highest BCUT2D eigenvalue weighted by molar-refractivity contribution is 8.04. The highest BCUT2D eigenvalue weighted by atomic mass is 32.2. The van der Waals surface area contributed by atoms with Crippen molar-refractivity contribution < 1.29 is 19.1 Å². The molecule has 9 nitrogen and oxygen atoms in total. The molecule has 1 saturated carbocycles. The van der Waals surface area contributed by atoms with E-state index in [1.165, 1.54) is 17.8 Å². The molecule has 0 radical (unpaired) electrons. The summed E-state index contributed by atoms with van der Waals surface area (Å²) in [4.78, 5) is 41.4. The maximum absolute atomic E-state index is 13.6. The van der Waals surface area contributed by atoms with E-state index in [4.69, 9.17) is 4.74 Å². The molecule has 41 heavy (non-hydrogen) atoms. The molecule has 0 spiro atoms. The van der Waals surface area contributed by atoms with Crippen LogP contribution in [0.5, 0.6) is 11.5 Å². The third-order valence-electron chi connectivity index (χ3n) is 8.30. The van der Waals surface area contributed by atoms with Crippen molar-refractivity contribution in [1.82, 2.24) is 21.3 Å². The lowest BCUT2D eigenvalue weighted by Crippen LogP contribution is -2.62. The summed E-state index contributed by atoms with van der Waals surface area (Å²) in [5, 5.41) is 12.8. The average molecular weight is 574 g/mol. The van der Waals surface area contributed by atoms with E-state index in [1.807, 2.05) is 60.4 Å². The van der Waals surface area contributed by atoms with E-state index in [2.05, 4.69) is 27.8 Å². The molecule has 214 valence electrons. The minimum absolute atomic E-state index is 0.000392. The second kappa shape index (κ2) is 11.6. The average Bonchev–Trinajstić information content (AvgIpc) is 3.34. The normalized spacial score (nSPS) is 27.0. The van der Waals surface area contributed by atoms with Crippen molar-refractivity contribution >= 4 is 35.3 Å². The van der Waals surface area contributed by atoms with Crippen LogP contribution in [0.25, 0.3) is 0 Å². The summed E-state index contributed by atoms with van der Waals surface area (Å²) in [6.45, 7) is 6.27. The molecular formula is C31H35N5O4S. The molecule has 3 aliphatic heterocycles. The number of aryl methyl sites for hydroxylation is 1. The number of nitrogens with zero attached hydrogens (tertiary/aromatic N) is 1. The number of carbonyl (C=O) groups is 3. The van der Waals surface area contributed by atoms with E-state index in [0.29, 0.717) is 22.8 Å². The highest BCUT2D eigenvalue weighted by Gasteiger charge is 2.52. The van der Waals surface area contributed by atoms with Crippen LogP contribution in [0.3, 0.4) is 0 Å². The topological polar surface area (TPSA) is 112 Å². The minimum atomic E-state index is -0.223. The summed E-state index contributed by atoms with van der Waals surface area (Å²) < 4.78 is 6.00. The third kappa shape index (κ3) is 5.58. The van der Waals surface area contributed by atoms with Crippen molar-refractivity contribution in [2.45, 2.75) is 62.5 Å². The molecule has 4 amide bonds. The van der Waals surface area contributed by atoms with Crippen LogP contribution in [-0.4, -0.2) is 47.9 Å². The fraction of sp³-hybridized carbons (Fsp3) is 0.387. The van der Waals surface area contributed by atoms with E-state index in [-0.39, 0.29) is 47.3 Å². The predicted octanol–water partition coefficient (Wildman–Crippen LogP) is 4.31. The number of urea groups is 1. The quantitative estimate of drug-likeness (QED) is 0.368. The Bertz CT molecular complexity index is 1400. The van der Waals surface area contributed by atoms with Crippen LogP contribution < -0.4 is 30.9 Å². The van der Waals surface area contributed by atoms with Crippen molar-refractivity contribution in [3.8, 4) is 11.5 Å². The van der Waals surface area contributed by atoms with Gasteiger partial charge >= 0.3 is 6.03 Å². The van der Waals surface area contributed by atoms with Crippen LogP contribution in [0.1, 0.15) is 37.7 Å². The number of benzene rings is 2. The summed E-state index contributed by atoms with van der Waals surface area (Å²) in [5.41, 5.74) is 2.49. The van der Waals surface area contributed by atoms with Gasteiger partial charge in [0.2, 0.25) is 5.91 Å². The molecule has 4 N–H and O–H groups in total. The molecule has 6 rings (SSSR count). The van der Waals surface area contributed by atoms with Gasteiger partial charge in [-0.15, -0.1) is 0 Å². The van der Waals surface area contributed by atoms with E-state index in [1.54, 1.807) is 0 Å². The Kier molecular flexibility index (Phi) is 7.77. The molecule has 2 saturated heterocycles. The number of carbonyl (C=O) groups excluding carboxylic acids is 3. The third-order valence-corrected chi connectivity index (χ3v) is 9.65. The Hall–Kier alpha value is -3.76. The second-order valence-corrected chi connectivity index (χ2v) is 12.2. The number of nitrogens with one attached hydrogen (secondary N) is 4. The molecule has 0 aromatic heterocycles. The first-order chi connectivity index (χ1) is 19.9. The maximum Gasteiger partial charge on any atom is 0.326 e. The van der Waals surface area contributed by atoms with Crippen molar-refractivity contribution in [3.05, 3.63) is 77.4 Å². The summed E-state index contributed by atoms with van der Waals surface area (Å²) >= 11 is 1.50. The lowest BCUT2D eigenvalue weighted by Gasteiger charge is -2.46. The van der Waals surface area contributed by atoms with Gasteiger partial charge in [0.1, 0.15) is 11.5 Å². The van der Waals surface area contributed by atoms with Gasteiger partial charge in [-0.2, -0.15) is 0 Å². The predicted molar refractivity (Wildman–Crippen MR) is 160 cm³/mol. The molecule has 5 atom stereocenters. The Labute approximate surface area is 244 Å². The van der Waals surface area contributed by atoms with Gasteiger partial charge in [0.15, 0.2) is 0 Å². The minimum Gasteiger partial charge on any atom is -0.457 e. The monoisotopic (exact) mass is 573 g/mol. The first-order valence-corrected chi connectivity index (χ1v) is 15.1. The Morgan fingerprint density at radius 1 is 1.07 bits per heavy atom. The van der Waals surface area contributed by atoms with Crippen LogP contribution in [0, 0.1) is 12.8 Å². The molecule has 0 bridgehead atoms. The van der Waals surface area contributed by atoms with Crippen molar-refractivity contribution in [2.75, 3.05) is 11.4 Å². The number of ether oxygens (including phenoxy) is 1. The Balaban J connectivity index is 1.20. The number of piperidine rings is 1. The zero-order chi connectivity index (χ0) is 28.5. The molecule has 10 heteroatoms. The molecule has 3 fully saturated rings. The number of amides is 4. The fourth-order valence-electron chi connectivity index (χ4n) is 6.45. The van der Waals surface area contributed by atoms with Crippen LogP contribution in [-0.2, 0) is 9.59 Å². The van der Waals surface area contributed by atoms with Gasteiger partial charge in [0, 0.05) is 29.4 Å². The van der Waals surface area contributed by atoms with Gasteiger partial charge in [-0.05, 0) is 87.5 Å². The van der Waals surface area contributed by atoms with Crippen LogP contribution >= 0.6 is 11.8 Å². The van der Waals surface area contributed by atoms with E-state index >= 15 is 0 Å². The number of para-hydroxylation sites is 1. The summed E-state index contributed by atoms with van der Waals surface area (Å²) in [6.07, 6.45) is 5.39. The Morgan fingerprint density at radius 3 is 2.61 bits per heavy atom. The molecule has 2 aromatic rings. The van der Waals surface area contributed by atoms with Crippen molar-refractivity contribution in [2.24, 2.45) is 5.92 Å². The fourth-order valence-corrected chi connectivity index (χ4v) is 7.85. The molecule has 3 unspecified atom stereocenters. The van der Waals surface area contributed by atoms with E-state index in [9.17, 15) is 14.4 Å². The van der Waals surface area contributed by atoms with Crippen LogP contribution in [0.2, 0.25) is 0 Å². The van der Waals surface area contributed by atoms with Crippen molar-refractivity contribution in [1.29, 1.82) is 0 Å². The molecule has 4 aliphatic rings. The maximum atomic E-state index is 13.6. The van der Waals surface area contributed by atoms with Gasteiger partial charge < -0.3 is 26.0 Å². The number of rotatable bonds is 7. The second-order valence-electron chi connectivity index (χ2n) is 11.0. The standard InChI is InChI=1S/C31H35N5O4S/c1-3-25(37)33-19-8-7-9-20(17-19)34-29(38)28-27-26-24(14-15-32-30(26)41-28)36(31(39)35-27)23-13-12-22(16-18(23)2)40-21-10-5-4-6-11-21/h3-6,10-13,16,19-20,24,26,30,32H,1,7-9,14-15,17H2,2H3,(H,33,37)(H,34,38)(H,35,39)/t19-,20-,24?,26?,30?/m0/s1. The lowest BCUT2D eigenvalue weighted by molar-refractivity contribution is -0.117. The number of hydrogen-bond acceptors (Lipinski definition) is 6. The Morgan fingerprint density at radius 2 is 1.85 bits per heavy atom. The number of hydrogen-bond donors (Lipinski definition) is 4. The van der Waals surface area contributed by atoms with Gasteiger partial charge in [-0.3, -0.25) is 14.5 Å². The van der Waals surface area contributed by atoms with Crippen LogP contribution in [0.4, 0.5) is 10.5 Å². The molecular weight excluding hydrogens is 538 g/mol. The number of thioether (sulfide) groups is 1.